The first-order valence-electron chi connectivity index (χ1n) is 7.64. The zero-order valence-electron chi connectivity index (χ0n) is 13.0. The molecule has 1 aromatic carbocycles. The first kappa shape index (κ1) is 17.4. The largest absolute Gasteiger partial charge is 0.491 e. The predicted octanol–water partition coefficient (Wildman–Crippen LogP) is 4.17. The summed E-state index contributed by atoms with van der Waals surface area (Å²) < 4.78 is 6.41. The number of carbonyl (C=O) groups is 1. The lowest BCUT2D eigenvalue weighted by Gasteiger charge is -2.31. The Kier molecular flexibility index (Phi) is 6.38. The van der Waals surface area contributed by atoms with E-state index >= 15 is 0 Å². The van der Waals surface area contributed by atoms with E-state index in [1.807, 2.05) is 11.8 Å². The van der Waals surface area contributed by atoms with Gasteiger partial charge in [-0.2, -0.15) is 0 Å². The molecule has 1 unspecified atom stereocenters. The SMILES string of the molecule is CCOc1c(Br)cc(Cl)cc1NCC(=O)N1CCCC(C)C1. The van der Waals surface area contributed by atoms with Gasteiger partial charge in [0.05, 0.1) is 23.3 Å². The highest BCUT2D eigenvalue weighted by Crippen LogP contribution is 2.36. The summed E-state index contributed by atoms with van der Waals surface area (Å²) in [5.74, 6) is 1.38. The third-order valence-electron chi connectivity index (χ3n) is 3.74. The fourth-order valence-corrected chi connectivity index (χ4v) is 3.61. The van der Waals surface area contributed by atoms with Crippen LogP contribution >= 0.6 is 27.5 Å². The van der Waals surface area contributed by atoms with Crippen LogP contribution in [0, 0.1) is 5.92 Å². The molecule has 1 N–H and O–H groups in total. The number of ether oxygens (including phenoxy) is 1. The molecule has 0 radical (unpaired) electrons. The van der Waals surface area contributed by atoms with Gasteiger partial charge < -0.3 is 15.0 Å². The third-order valence-corrected chi connectivity index (χ3v) is 4.54. The molecule has 1 heterocycles. The van der Waals surface area contributed by atoms with Crippen LogP contribution in [0.25, 0.3) is 0 Å². The van der Waals surface area contributed by atoms with Crippen molar-refractivity contribution in [3.63, 3.8) is 0 Å². The third kappa shape index (κ3) is 4.53. The summed E-state index contributed by atoms with van der Waals surface area (Å²) in [4.78, 5) is 14.3. The van der Waals surface area contributed by atoms with Gasteiger partial charge in [-0.15, -0.1) is 0 Å². The van der Waals surface area contributed by atoms with Crippen LogP contribution in [-0.2, 0) is 4.79 Å². The van der Waals surface area contributed by atoms with Crippen molar-refractivity contribution in [2.24, 2.45) is 5.92 Å². The molecule has 0 aromatic heterocycles. The topological polar surface area (TPSA) is 41.6 Å². The second kappa shape index (κ2) is 8.06. The van der Waals surface area contributed by atoms with Gasteiger partial charge in [0.15, 0.2) is 5.75 Å². The zero-order valence-corrected chi connectivity index (χ0v) is 15.3. The molecule has 0 saturated carbocycles. The van der Waals surface area contributed by atoms with Gasteiger partial charge >= 0.3 is 0 Å². The molecule has 0 spiro atoms. The molecule has 0 aliphatic carbocycles. The van der Waals surface area contributed by atoms with Crippen LogP contribution in [0.5, 0.6) is 5.75 Å². The van der Waals surface area contributed by atoms with Gasteiger partial charge in [0.25, 0.3) is 0 Å². The summed E-state index contributed by atoms with van der Waals surface area (Å²) in [6.07, 6.45) is 2.28. The minimum Gasteiger partial charge on any atom is -0.491 e. The van der Waals surface area contributed by atoms with E-state index in [-0.39, 0.29) is 12.5 Å². The Labute approximate surface area is 145 Å². The number of rotatable bonds is 5. The van der Waals surface area contributed by atoms with E-state index in [9.17, 15) is 4.79 Å². The fourth-order valence-electron chi connectivity index (χ4n) is 2.68. The number of amides is 1. The van der Waals surface area contributed by atoms with Gasteiger partial charge in [-0.25, -0.2) is 0 Å². The van der Waals surface area contributed by atoms with Crippen molar-refractivity contribution >= 4 is 39.1 Å². The second-order valence-electron chi connectivity index (χ2n) is 5.64. The van der Waals surface area contributed by atoms with E-state index in [4.69, 9.17) is 16.3 Å². The van der Waals surface area contributed by atoms with E-state index in [2.05, 4.69) is 28.2 Å². The number of hydrogen-bond donors (Lipinski definition) is 1. The molecule has 1 aromatic rings. The van der Waals surface area contributed by atoms with E-state index in [1.165, 1.54) is 6.42 Å². The maximum Gasteiger partial charge on any atom is 0.241 e. The first-order chi connectivity index (χ1) is 10.5. The molecule has 1 atom stereocenters. The lowest BCUT2D eigenvalue weighted by Crippen LogP contribution is -2.41. The summed E-state index contributed by atoms with van der Waals surface area (Å²) in [5, 5.41) is 3.76. The number of hydrogen-bond acceptors (Lipinski definition) is 3. The predicted molar refractivity (Wildman–Crippen MR) is 93.8 cm³/mol. The zero-order chi connectivity index (χ0) is 16.1. The van der Waals surface area contributed by atoms with Crippen molar-refractivity contribution in [3.05, 3.63) is 21.6 Å². The van der Waals surface area contributed by atoms with Crippen LogP contribution in [0.1, 0.15) is 26.7 Å². The molecular formula is C16H22BrClN2O2. The Bertz CT molecular complexity index is 539. The Hall–Kier alpha value is -0.940. The smallest absolute Gasteiger partial charge is 0.241 e. The molecule has 1 aliphatic rings. The summed E-state index contributed by atoms with van der Waals surface area (Å²) >= 11 is 9.53. The van der Waals surface area contributed by atoms with E-state index in [1.54, 1.807) is 12.1 Å². The number of piperidine rings is 1. The summed E-state index contributed by atoms with van der Waals surface area (Å²) in [7, 11) is 0. The van der Waals surface area contributed by atoms with E-state index in [0.29, 0.717) is 23.3 Å². The lowest BCUT2D eigenvalue weighted by molar-refractivity contribution is -0.130. The molecule has 122 valence electrons. The van der Waals surface area contributed by atoms with Crippen LogP contribution in [0.3, 0.4) is 0 Å². The van der Waals surface area contributed by atoms with E-state index < -0.39 is 0 Å². The van der Waals surface area contributed by atoms with Gasteiger partial charge in [-0.1, -0.05) is 18.5 Å². The number of anilines is 1. The average Bonchev–Trinajstić information content (AvgIpc) is 2.48. The van der Waals surface area contributed by atoms with Gasteiger partial charge in [-0.3, -0.25) is 4.79 Å². The molecule has 6 heteroatoms. The number of nitrogens with zero attached hydrogens (tertiary/aromatic N) is 1. The maximum absolute atomic E-state index is 12.3. The lowest BCUT2D eigenvalue weighted by atomic mass is 10.0. The molecule has 1 saturated heterocycles. The number of carbonyl (C=O) groups excluding carboxylic acids is 1. The van der Waals surface area contributed by atoms with Crippen molar-refractivity contribution in [2.75, 3.05) is 31.6 Å². The van der Waals surface area contributed by atoms with Gasteiger partial charge in [0, 0.05) is 18.1 Å². The van der Waals surface area contributed by atoms with Gasteiger partial charge in [-0.05, 0) is 53.7 Å². The number of benzene rings is 1. The van der Waals surface area contributed by atoms with Crippen molar-refractivity contribution in [2.45, 2.75) is 26.7 Å². The quantitative estimate of drug-likeness (QED) is 0.821. The standard InChI is InChI=1S/C16H22BrClN2O2/c1-3-22-16-13(17)7-12(18)8-14(16)19-9-15(21)20-6-4-5-11(2)10-20/h7-8,11,19H,3-6,9-10H2,1-2H3. The van der Waals surface area contributed by atoms with Gasteiger partial charge in [0.2, 0.25) is 5.91 Å². The minimum atomic E-state index is 0.116. The van der Waals surface area contributed by atoms with Crippen molar-refractivity contribution in [1.29, 1.82) is 0 Å². The van der Waals surface area contributed by atoms with Crippen molar-refractivity contribution in [1.82, 2.24) is 4.90 Å². The molecule has 1 aliphatic heterocycles. The highest BCUT2D eigenvalue weighted by atomic mass is 79.9. The van der Waals surface area contributed by atoms with Crippen LogP contribution in [0.4, 0.5) is 5.69 Å². The van der Waals surface area contributed by atoms with Crippen LogP contribution in [0.15, 0.2) is 16.6 Å². The molecule has 1 amide bonds. The molecule has 2 rings (SSSR count). The fraction of sp³-hybridized carbons (Fsp3) is 0.562. The monoisotopic (exact) mass is 388 g/mol. The highest BCUT2D eigenvalue weighted by Gasteiger charge is 2.21. The number of likely N-dealkylation sites (tertiary alicyclic amines) is 1. The second-order valence-corrected chi connectivity index (χ2v) is 6.93. The minimum absolute atomic E-state index is 0.116. The molecule has 1 fully saturated rings. The molecular weight excluding hydrogens is 368 g/mol. The van der Waals surface area contributed by atoms with Crippen LogP contribution in [0.2, 0.25) is 5.02 Å². The Morgan fingerprint density at radius 3 is 3.00 bits per heavy atom. The highest BCUT2D eigenvalue weighted by molar-refractivity contribution is 9.10. The van der Waals surface area contributed by atoms with Gasteiger partial charge in [0.1, 0.15) is 0 Å². The Morgan fingerprint density at radius 2 is 2.32 bits per heavy atom. The van der Waals surface area contributed by atoms with Crippen molar-refractivity contribution in [3.8, 4) is 5.75 Å². The van der Waals surface area contributed by atoms with Crippen LogP contribution < -0.4 is 10.1 Å². The van der Waals surface area contributed by atoms with Crippen molar-refractivity contribution < 1.29 is 9.53 Å². The number of nitrogens with one attached hydrogen (secondary N) is 1. The molecule has 22 heavy (non-hydrogen) atoms. The summed E-state index contributed by atoms with van der Waals surface area (Å²) in [6.45, 7) is 6.60. The number of halogens is 2. The first-order valence-corrected chi connectivity index (χ1v) is 8.81. The summed E-state index contributed by atoms with van der Waals surface area (Å²) in [5.41, 5.74) is 0.736. The average molecular weight is 390 g/mol. The molecule has 0 bridgehead atoms. The van der Waals surface area contributed by atoms with Crippen LogP contribution in [-0.4, -0.2) is 37.0 Å². The normalized spacial score (nSPS) is 18.2. The van der Waals surface area contributed by atoms with E-state index in [0.717, 1.165) is 29.7 Å². The Balaban J connectivity index is 2.02. The summed E-state index contributed by atoms with van der Waals surface area (Å²) in [6, 6.07) is 3.56. The Morgan fingerprint density at radius 1 is 1.55 bits per heavy atom. The molecule has 4 nitrogen and oxygen atoms in total. The maximum atomic E-state index is 12.3.